The predicted octanol–water partition coefficient (Wildman–Crippen LogP) is 4.07. The van der Waals surface area contributed by atoms with Crippen molar-refractivity contribution in [3.8, 4) is 28.3 Å². The maximum Gasteiger partial charge on any atom is 0.185 e. The van der Waals surface area contributed by atoms with Gasteiger partial charge in [-0.15, -0.1) is 10.2 Å². The molecule has 2 aromatic carbocycles. The van der Waals surface area contributed by atoms with Gasteiger partial charge in [-0.05, 0) is 73.5 Å². The van der Waals surface area contributed by atoms with Gasteiger partial charge in [0.2, 0.25) is 0 Å². The first-order valence-corrected chi connectivity index (χ1v) is 10.7. The summed E-state index contributed by atoms with van der Waals surface area (Å²) in [4.78, 5) is 0. The van der Waals surface area contributed by atoms with E-state index in [-0.39, 0.29) is 5.82 Å². The van der Waals surface area contributed by atoms with E-state index in [0.29, 0.717) is 6.04 Å². The minimum Gasteiger partial charge on any atom is -0.382 e. The Morgan fingerprint density at radius 1 is 1.00 bits per heavy atom. The molecule has 0 atom stereocenters. The number of anilines is 1. The monoisotopic (exact) mass is 414 g/mol. The van der Waals surface area contributed by atoms with Crippen molar-refractivity contribution < 1.29 is 4.39 Å². The zero-order valence-corrected chi connectivity index (χ0v) is 17.1. The van der Waals surface area contributed by atoms with Crippen LogP contribution in [0.25, 0.3) is 28.3 Å². The van der Waals surface area contributed by atoms with Crippen molar-refractivity contribution in [2.75, 3.05) is 18.4 Å². The van der Waals surface area contributed by atoms with Crippen molar-refractivity contribution in [3.63, 3.8) is 0 Å². The Hall–Kier alpha value is -3.45. The maximum absolute atomic E-state index is 13.4. The molecule has 1 fully saturated rings. The second-order valence-corrected chi connectivity index (χ2v) is 8.29. The molecule has 1 saturated heterocycles. The normalized spacial score (nSPS) is 15.6. The van der Waals surface area contributed by atoms with Crippen LogP contribution in [0.5, 0.6) is 0 Å². The third kappa shape index (κ3) is 3.31. The highest BCUT2D eigenvalue weighted by Crippen LogP contribution is 2.34. The molecular formula is C24H23FN6. The summed E-state index contributed by atoms with van der Waals surface area (Å²) in [6.07, 6.45) is 6.16. The van der Waals surface area contributed by atoms with E-state index in [4.69, 9.17) is 0 Å². The van der Waals surface area contributed by atoms with Gasteiger partial charge >= 0.3 is 0 Å². The molecule has 0 unspecified atom stereocenters. The molecule has 31 heavy (non-hydrogen) atoms. The fourth-order valence-electron chi connectivity index (χ4n) is 4.64. The van der Waals surface area contributed by atoms with Crippen LogP contribution in [0.15, 0.2) is 61.1 Å². The van der Waals surface area contributed by atoms with Crippen LogP contribution in [0, 0.1) is 5.82 Å². The molecular weight excluding hydrogens is 391 g/mol. The van der Waals surface area contributed by atoms with E-state index in [1.54, 1.807) is 6.33 Å². The SMILES string of the molecule is Fc1ccc(-c2cc3n(c2)Cc2cc(NC4CCNCC4)ccc2-n2cnnc2-3)cc1. The summed E-state index contributed by atoms with van der Waals surface area (Å²) in [7, 11) is 0. The van der Waals surface area contributed by atoms with Gasteiger partial charge in [-0.2, -0.15) is 0 Å². The van der Waals surface area contributed by atoms with Gasteiger partial charge in [-0.3, -0.25) is 4.57 Å². The van der Waals surface area contributed by atoms with Crippen LogP contribution in [0.3, 0.4) is 0 Å². The summed E-state index contributed by atoms with van der Waals surface area (Å²) in [6, 6.07) is 15.8. The minimum atomic E-state index is -0.230. The highest BCUT2D eigenvalue weighted by Gasteiger charge is 2.22. The third-order valence-electron chi connectivity index (χ3n) is 6.24. The lowest BCUT2D eigenvalue weighted by Gasteiger charge is -2.25. The molecule has 4 heterocycles. The quantitative estimate of drug-likeness (QED) is 0.467. The molecule has 0 aliphatic carbocycles. The van der Waals surface area contributed by atoms with Crippen LogP contribution in [0.4, 0.5) is 10.1 Å². The van der Waals surface area contributed by atoms with Gasteiger partial charge in [-0.1, -0.05) is 12.1 Å². The Labute approximate surface area is 179 Å². The second-order valence-electron chi connectivity index (χ2n) is 8.29. The highest BCUT2D eigenvalue weighted by atomic mass is 19.1. The van der Waals surface area contributed by atoms with Crippen molar-refractivity contribution >= 4 is 5.69 Å². The average molecular weight is 414 g/mol. The molecule has 0 radical (unpaired) electrons. The number of nitrogens with one attached hydrogen (secondary N) is 2. The molecule has 0 amide bonds. The van der Waals surface area contributed by atoms with Crippen molar-refractivity contribution in [3.05, 3.63) is 72.4 Å². The number of aromatic nitrogens is 4. The first-order chi connectivity index (χ1) is 15.2. The first kappa shape index (κ1) is 18.3. The Morgan fingerprint density at radius 3 is 2.68 bits per heavy atom. The number of nitrogens with zero attached hydrogens (tertiary/aromatic N) is 4. The van der Waals surface area contributed by atoms with Gasteiger partial charge in [-0.25, -0.2) is 4.39 Å². The lowest BCUT2D eigenvalue weighted by molar-refractivity contribution is 0.479. The fourth-order valence-corrected chi connectivity index (χ4v) is 4.64. The molecule has 7 heteroatoms. The van der Waals surface area contributed by atoms with E-state index in [9.17, 15) is 4.39 Å². The number of hydrogen-bond acceptors (Lipinski definition) is 4. The largest absolute Gasteiger partial charge is 0.382 e. The van der Waals surface area contributed by atoms with E-state index in [2.05, 4.69) is 60.4 Å². The summed E-state index contributed by atoms with van der Waals surface area (Å²) in [6.45, 7) is 2.86. The highest BCUT2D eigenvalue weighted by molar-refractivity contribution is 5.72. The topological polar surface area (TPSA) is 59.7 Å². The predicted molar refractivity (Wildman–Crippen MR) is 119 cm³/mol. The van der Waals surface area contributed by atoms with E-state index >= 15 is 0 Å². The molecule has 0 saturated carbocycles. The van der Waals surface area contributed by atoms with Crippen LogP contribution in [-0.4, -0.2) is 38.5 Å². The van der Waals surface area contributed by atoms with E-state index in [0.717, 1.165) is 66.5 Å². The molecule has 156 valence electrons. The summed E-state index contributed by atoms with van der Waals surface area (Å²) in [5.41, 5.74) is 6.48. The van der Waals surface area contributed by atoms with Gasteiger partial charge in [0.1, 0.15) is 12.1 Å². The lowest BCUT2D eigenvalue weighted by atomic mass is 10.1. The minimum absolute atomic E-state index is 0.230. The Kier molecular flexibility index (Phi) is 4.35. The zero-order chi connectivity index (χ0) is 20.8. The molecule has 6 rings (SSSR count). The molecule has 6 nitrogen and oxygen atoms in total. The van der Waals surface area contributed by atoms with Crippen molar-refractivity contribution in [1.82, 2.24) is 24.6 Å². The number of fused-ring (bicyclic) bond motifs is 5. The maximum atomic E-state index is 13.4. The molecule has 2 aromatic heterocycles. The number of halogens is 1. The number of hydrogen-bond donors (Lipinski definition) is 2. The van der Waals surface area contributed by atoms with Crippen molar-refractivity contribution in [1.29, 1.82) is 0 Å². The number of rotatable bonds is 3. The van der Waals surface area contributed by atoms with Crippen molar-refractivity contribution in [2.24, 2.45) is 0 Å². The molecule has 0 spiro atoms. The summed E-state index contributed by atoms with van der Waals surface area (Å²) < 4.78 is 17.6. The lowest BCUT2D eigenvalue weighted by Crippen LogP contribution is -2.35. The molecule has 0 bridgehead atoms. The van der Waals surface area contributed by atoms with E-state index in [1.165, 1.54) is 17.7 Å². The van der Waals surface area contributed by atoms with Crippen LogP contribution >= 0.6 is 0 Å². The first-order valence-electron chi connectivity index (χ1n) is 10.7. The fraction of sp³-hybridized carbons (Fsp3) is 0.250. The zero-order valence-electron chi connectivity index (χ0n) is 17.1. The number of benzene rings is 2. The number of piperidine rings is 1. The molecule has 2 N–H and O–H groups in total. The smallest absolute Gasteiger partial charge is 0.185 e. The standard InChI is InChI=1S/C24H23FN6/c25-19-3-1-16(2-4-19)17-12-23-24-29-27-15-31(24)22-6-5-21(11-18(22)14-30(23)13-17)28-20-7-9-26-10-8-20/h1-6,11-13,15,20,26,28H,7-10,14H2. The second kappa shape index (κ2) is 7.35. The van der Waals surface area contributed by atoms with Gasteiger partial charge in [0.25, 0.3) is 0 Å². The van der Waals surface area contributed by atoms with Crippen LogP contribution in [0.1, 0.15) is 18.4 Å². The van der Waals surface area contributed by atoms with Gasteiger partial charge < -0.3 is 15.2 Å². The van der Waals surface area contributed by atoms with Gasteiger partial charge in [0, 0.05) is 30.0 Å². The Morgan fingerprint density at radius 2 is 1.84 bits per heavy atom. The van der Waals surface area contributed by atoms with Crippen LogP contribution < -0.4 is 10.6 Å². The summed E-state index contributed by atoms with van der Waals surface area (Å²) in [5.74, 6) is 0.582. The van der Waals surface area contributed by atoms with Gasteiger partial charge in [0.05, 0.1) is 11.4 Å². The summed E-state index contributed by atoms with van der Waals surface area (Å²) >= 11 is 0. The Bertz CT molecular complexity index is 1230. The Balaban J connectivity index is 1.40. The molecule has 2 aliphatic heterocycles. The summed E-state index contributed by atoms with van der Waals surface area (Å²) in [5, 5.41) is 15.7. The third-order valence-corrected chi connectivity index (χ3v) is 6.24. The van der Waals surface area contributed by atoms with Crippen LogP contribution in [0.2, 0.25) is 0 Å². The van der Waals surface area contributed by atoms with E-state index in [1.807, 2.05) is 12.1 Å². The van der Waals surface area contributed by atoms with E-state index < -0.39 is 0 Å². The van der Waals surface area contributed by atoms with Gasteiger partial charge in [0.15, 0.2) is 5.82 Å². The van der Waals surface area contributed by atoms with Crippen molar-refractivity contribution in [2.45, 2.75) is 25.4 Å². The molecule has 4 aromatic rings. The van der Waals surface area contributed by atoms with Crippen LogP contribution in [-0.2, 0) is 6.54 Å². The average Bonchev–Trinajstić information content (AvgIpc) is 3.40. The molecule has 2 aliphatic rings.